The van der Waals surface area contributed by atoms with E-state index in [0.29, 0.717) is 12.2 Å². The lowest BCUT2D eigenvalue weighted by atomic mass is 9.84. The van der Waals surface area contributed by atoms with Crippen molar-refractivity contribution in [2.75, 3.05) is 0 Å². The normalized spacial score (nSPS) is 18.4. The van der Waals surface area contributed by atoms with E-state index in [2.05, 4.69) is 24.1 Å². The van der Waals surface area contributed by atoms with Crippen LogP contribution in [0.2, 0.25) is 0 Å². The Morgan fingerprint density at radius 2 is 1.27 bits per heavy atom. The van der Waals surface area contributed by atoms with Gasteiger partial charge in [-0.2, -0.15) is 21.0 Å². The van der Waals surface area contributed by atoms with Crippen LogP contribution in [0.1, 0.15) is 40.7 Å². The van der Waals surface area contributed by atoms with Gasteiger partial charge in [-0.05, 0) is 82.2 Å². The summed E-state index contributed by atoms with van der Waals surface area (Å²) in [5.74, 6) is -2.77. The van der Waals surface area contributed by atoms with Crippen LogP contribution in [0.3, 0.4) is 0 Å². The predicted molar refractivity (Wildman–Crippen MR) is 217 cm³/mol. The fraction of sp³-hybridized carbons (Fsp3) is 0.0833. The zero-order chi connectivity index (χ0) is 46.3. The molecule has 0 fully saturated rings. The molecule has 64 heavy (non-hydrogen) atoms. The average Bonchev–Trinajstić information content (AvgIpc) is 3.64. The highest BCUT2D eigenvalue weighted by Crippen LogP contribution is 2.54. The molecule has 0 N–H and O–H groups in total. The van der Waals surface area contributed by atoms with E-state index in [1.54, 1.807) is 12.1 Å². The Bertz CT molecular complexity index is 3140. The predicted octanol–water partition coefficient (Wildman–Crippen LogP) is 12.7. The van der Waals surface area contributed by atoms with Crippen LogP contribution in [0.4, 0.5) is 37.7 Å². The van der Waals surface area contributed by atoms with Crippen molar-refractivity contribution in [3.8, 4) is 24.3 Å². The van der Waals surface area contributed by atoms with Gasteiger partial charge in [0.2, 0.25) is 11.4 Å². The zero-order valence-electron chi connectivity index (χ0n) is 32.3. The largest absolute Gasteiger partial charge is 0.573 e. The number of alkyl halides is 6. The van der Waals surface area contributed by atoms with Crippen LogP contribution in [-0.4, -0.2) is 12.7 Å². The van der Waals surface area contributed by atoms with Crippen LogP contribution in [0.5, 0.6) is 0 Å². The number of ether oxygens (including phenoxy) is 2. The highest BCUT2D eigenvalue weighted by atomic mass is 19.4. The molecule has 0 spiro atoms. The minimum atomic E-state index is -5.70. The van der Waals surface area contributed by atoms with Gasteiger partial charge in [-0.15, -0.1) is 26.3 Å². The van der Waals surface area contributed by atoms with Crippen molar-refractivity contribution in [2.45, 2.75) is 25.6 Å². The van der Waals surface area contributed by atoms with Crippen molar-refractivity contribution in [3.05, 3.63) is 227 Å². The molecule has 16 heteroatoms. The van der Waals surface area contributed by atoms with Crippen LogP contribution in [0.25, 0.3) is 36.2 Å². The van der Waals surface area contributed by atoms with Gasteiger partial charge >= 0.3 is 12.7 Å². The summed E-state index contributed by atoms with van der Waals surface area (Å²) in [6.45, 7) is 32.1. The molecule has 306 valence electrons. The topological polar surface area (TPSA) is 131 Å². The first-order valence-corrected chi connectivity index (χ1v) is 18.1. The molecule has 3 aromatic carbocycles. The van der Waals surface area contributed by atoms with E-state index >= 15 is 13.2 Å². The van der Waals surface area contributed by atoms with Gasteiger partial charge in [0, 0.05) is 16.7 Å². The molecular formula is C48H20F6N8O2. The van der Waals surface area contributed by atoms with Gasteiger partial charge in [0.05, 0.1) is 66.8 Å². The van der Waals surface area contributed by atoms with Crippen molar-refractivity contribution in [2.24, 2.45) is 0 Å². The highest BCUT2D eigenvalue weighted by Gasteiger charge is 2.45. The molecule has 0 aliphatic heterocycles. The van der Waals surface area contributed by atoms with Gasteiger partial charge in [0.1, 0.15) is 17.6 Å². The van der Waals surface area contributed by atoms with Gasteiger partial charge in [-0.3, -0.25) is 0 Å². The third-order valence-electron chi connectivity index (χ3n) is 9.53. The van der Waals surface area contributed by atoms with Crippen LogP contribution < -0.4 is 0 Å². The van der Waals surface area contributed by atoms with E-state index in [1.807, 2.05) is 18.2 Å². The number of benzene rings is 3. The lowest BCUT2D eigenvalue weighted by Crippen LogP contribution is -2.17. The first kappa shape index (κ1) is 44.0. The van der Waals surface area contributed by atoms with Crippen molar-refractivity contribution in [1.82, 2.24) is 0 Å². The lowest BCUT2D eigenvalue weighted by molar-refractivity contribution is -0.306. The van der Waals surface area contributed by atoms with E-state index in [-0.39, 0.29) is 63.2 Å². The van der Waals surface area contributed by atoms with Crippen LogP contribution in [0.15, 0.2) is 153 Å². The van der Waals surface area contributed by atoms with Crippen LogP contribution in [-0.2, 0) is 9.47 Å². The van der Waals surface area contributed by atoms with Gasteiger partial charge in [0.15, 0.2) is 11.4 Å². The fourth-order valence-corrected chi connectivity index (χ4v) is 7.19. The molecular weight excluding hydrogens is 835 g/mol. The lowest BCUT2D eigenvalue weighted by Gasteiger charge is -2.22. The number of hydrogen-bond acceptors (Lipinski definition) is 6. The molecule has 0 aromatic heterocycles. The third-order valence-corrected chi connectivity index (χ3v) is 9.53. The number of halogens is 6. The van der Waals surface area contributed by atoms with Gasteiger partial charge in [0.25, 0.3) is 0 Å². The summed E-state index contributed by atoms with van der Waals surface area (Å²) in [7, 11) is 0. The maximum atomic E-state index is 15.1. The first-order valence-electron chi connectivity index (χ1n) is 18.1. The minimum Gasteiger partial charge on any atom is -0.406 e. The molecule has 3 aromatic rings. The second-order valence-electron chi connectivity index (χ2n) is 13.3. The summed E-state index contributed by atoms with van der Waals surface area (Å²) >= 11 is 0. The summed E-state index contributed by atoms with van der Waals surface area (Å²) in [6.07, 6.45) is -5.22. The molecule has 0 saturated carbocycles. The summed E-state index contributed by atoms with van der Waals surface area (Å²) in [5, 5.41) is 41.5. The standard InChI is InChI=1S/C48H20F6N8O2/c1-59-34-18-31(19-35(21-34)60-2)37(26-58)42-41(30-13-9-6-10-14-30)46(62-4)44-38(63-47(49,50)51)20-33(25-57)40(29-11-7-5-8-12-29)36(22-39(43(42)44)64-48(52,53)54)45(61-3)32-16-27(23-55)15-28(17-32)24-56/h5-7,9-11,13-22H,8,12H2/b38-20-,39-22?,40-33+,42-37+,45-36+. The van der Waals surface area contributed by atoms with Gasteiger partial charge in [-0.25, -0.2) is 19.4 Å². The molecule has 0 saturated heterocycles. The SMILES string of the molecule is [C-]#[N+]C1=C(c2ccccc2)/C(=C(/C#N)c2cc([N+]#[C-])cc([N+]#[C-])c2)C2=C1/C(OC(F)(F)F)=C/C(C#N)=C(C1=CC=CCC1)\C(=C(\[N+]#[C-])c1cc(C#N)cc(C#N)c1)C=C2OC(F)(F)F. The molecule has 3 aliphatic rings. The van der Waals surface area contributed by atoms with Gasteiger partial charge in [-0.1, -0.05) is 66.8 Å². The van der Waals surface area contributed by atoms with E-state index < -0.39 is 74.6 Å². The number of nitriles is 4. The molecule has 0 atom stereocenters. The van der Waals surface area contributed by atoms with Crippen molar-refractivity contribution >= 4 is 28.2 Å². The second-order valence-corrected chi connectivity index (χ2v) is 13.3. The molecule has 0 radical (unpaired) electrons. The average molecular weight is 855 g/mol. The molecule has 0 bridgehead atoms. The van der Waals surface area contributed by atoms with Crippen molar-refractivity contribution < 1.29 is 35.8 Å². The molecule has 0 unspecified atom stereocenters. The number of hydrogen-bond donors (Lipinski definition) is 0. The quantitative estimate of drug-likeness (QED) is 0.138. The smallest absolute Gasteiger partial charge is 0.406 e. The van der Waals surface area contributed by atoms with Crippen LogP contribution >= 0.6 is 0 Å². The number of nitrogens with zero attached hydrogens (tertiary/aromatic N) is 8. The number of rotatable bonds is 6. The van der Waals surface area contributed by atoms with E-state index in [9.17, 15) is 34.2 Å². The minimum absolute atomic E-state index is 0.00360. The Morgan fingerprint density at radius 3 is 1.75 bits per heavy atom. The summed E-state index contributed by atoms with van der Waals surface area (Å²) in [5.41, 5.74) is -7.77. The second kappa shape index (κ2) is 18.0. The zero-order valence-corrected chi connectivity index (χ0v) is 32.3. The van der Waals surface area contributed by atoms with Crippen molar-refractivity contribution in [3.63, 3.8) is 0 Å². The maximum absolute atomic E-state index is 15.1. The third kappa shape index (κ3) is 8.95. The Morgan fingerprint density at radius 1 is 0.656 bits per heavy atom. The first-order chi connectivity index (χ1) is 30.6. The van der Waals surface area contributed by atoms with Crippen molar-refractivity contribution in [1.29, 1.82) is 21.0 Å². The van der Waals surface area contributed by atoms with E-state index in [0.717, 1.165) is 30.3 Å². The highest BCUT2D eigenvalue weighted by molar-refractivity contribution is 6.06. The monoisotopic (exact) mass is 854 g/mol. The Hall–Kier alpha value is -9.58. The Kier molecular flexibility index (Phi) is 12.3. The molecule has 0 heterocycles. The maximum Gasteiger partial charge on any atom is 0.573 e. The summed E-state index contributed by atoms with van der Waals surface area (Å²) in [6, 6.07) is 21.3. The van der Waals surface area contributed by atoms with Crippen LogP contribution in [0, 0.1) is 71.6 Å². The molecule has 6 rings (SSSR count). The summed E-state index contributed by atoms with van der Waals surface area (Å²) in [4.78, 5) is 13.8. The summed E-state index contributed by atoms with van der Waals surface area (Å²) < 4.78 is 98.9. The Balaban J connectivity index is 2.00. The van der Waals surface area contributed by atoms with E-state index in [1.165, 1.54) is 48.6 Å². The number of allylic oxidation sites excluding steroid dienone is 12. The fourth-order valence-electron chi connectivity index (χ4n) is 7.19. The van der Waals surface area contributed by atoms with Gasteiger partial charge < -0.3 is 9.47 Å². The van der Waals surface area contributed by atoms with E-state index in [4.69, 9.17) is 31.0 Å². The Labute approximate surface area is 360 Å². The molecule has 10 nitrogen and oxygen atoms in total. The molecule has 3 aliphatic carbocycles. The molecule has 0 amide bonds.